The van der Waals surface area contributed by atoms with Crippen molar-refractivity contribution < 1.29 is 9.53 Å². The van der Waals surface area contributed by atoms with E-state index in [1.807, 2.05) is 48.7 Å². The number of carbonyl (C=O) groups excluding carboxylic acids is 1. The Kier molecular flexibility index (Phi) is 5.15. The minimum absolute atomic E-state index is 0.0925. The summed E-state index contributed by atoms with van der Waals surface area (Å²) in [6.45, 7) is 0.345. The monoisotopic (exact) mass is 344 g/mol. The lowest BCUT2D eigenvalue weighted by atomic mass is 10.3. The lowest BCUT2D eigenvalue weighted by Gasteiger charge is -2.05. The van der Waals surface area contributed by atoms with Crippen LogP contribution in [0.5, 0.6) is 5.75 Å². The van der Waals surface area contributed by atoms with E-state index in [1.54, 1.807) is 11.8 Å². The van der Waals surface area contributed by atoms with Crippen molar-refractivity contribution in [1.29, 1.82) is 0 Å². The van der Waals surface area contributed by atoms with Gasteiger partial charge in [0.2, 0.25) is 5.91 Å². The first-order valence-electron chi connectivity index (χ1n) is 7.17. The van der Waals surface area contributed by atoms with Crippen molar-refractivity contribution >= 4 is 44.4 Å². The van der Waals surface area contributed by atoms with Crippen LogP contribution in [0, 0.1) is 0 Å². The number of amides is 1. The summed E-state index contributed by atoms with van der Waals surface area (Å²) >= 11 is 3.18. The molecule has 23 heavy (non-hydrogen) atoms. The molecule has 1 N–H and O–H groups in total. The van der Waals surface area contributed by atoms with Crippen molar-refractivity contribution in [2.45, 2.75) is 11.3 Å². The second-order valence-corrected chi connectivity index (χ2v) is 6.72. The van der Waals surface area contributed by atoms with E-state index in [9.17, 15) is 4.79 Å². The van der Waals surface area contributed by atoms with Crippen molar-refractivity contribution in [1.82, 2.24) is 4.98 Å². The Labute approximate surface area is 142 Å². The maximum Gasteiger partial charge on any atom is 0.229 e. The molecule has 0 bridgehead atoms. The van der Waals surface area contributed by atoms with Gasteiger partial charge in [0.1, 0.15) is 5.75 Å². The number of para-hydroxylation sites is 1. The van der Waals surface area contributed by atoms with Gasteiger partial charge in [0.05, 0.1) is 23.2 Å². The number of thiazole rings is 1. The quantitative estimate of drug-likeness (QED) is 0.672. The molecular weight excluding hydrogens is 328 g/mol. The third-order valence-corrected chi connectivity index (χ3v) is 4.84. The number of hydrogen-bond donors (Lipinski definition) is 1. The number of thioether (sulfide) groups is 1. The molecule has 0 aliphatic heterocycles. The van der Waals surface area contributed by atoms with E-state index in [0.29, 0.717) is 18.2 Å². The number of fused-ring (bicyclic) bond motifs is 1. The summed E-state index contributed by atoms with van der Waals surface area (Å²) in [7, 11) is 0. The number of anilines is 1. The zero-order valence-electron chi connectivity index (χ0n) is 12.6. The molecule has 0 saturated carbocycles. The predicted octanol–water partition coefficient (Wildman–Crippen LogP) is 4.43. The van der Waals surface area contributed by atoms with Crippen LogP contribution in [-0.4, -0.2) is 23.8 Å². The molecular formula is C17H16N2O2S2. The van der Waals surface area contributed by atoms with Gasteiger partial charge in [0, 0.05) is 4.90 Å². The molecule has 0 atom stereocenters. The summed E-state index contributed by atoms with van der Waals surface area (Å²) < 4.78 is 6.60. The van der Waals surface area contributed by atoms with Gasteiger partial charge in [-0.05, 0) is 36.6 Å². The minimum atomic E-state index is -0.0925. The molecule has 0 aliphatic carbocycles. The molecule has 3 rings (SSSR count). The number of nitrogens with zero attached hydrogens (tertiary/aromatic N) is 1. The third kappa shape index (κ3) is 4.24. The molecule has 3 aromatic rings. The molecule has 6 heteroatoms. The van der Waals surface area contributed by atoms with E-state index >= 15 is 0 Å². The highest BCUT2D eigenvalue weighted by Gasteiger charge is 2.08. The first-order valence-corrected chi connectivity index (χ1v) is 9.21. The van der Waals surface area contributed by atoms with Gasteiger partial charge in [-0.3, -0.25) is 4.79 Å². The number of ether oxygens (including phenoxy) is 1. The highest BCUT2D eigenvalue weighted by atomic mass is 32.2. The third-order valence-electron chi connectivity index (χ3n) is 3.18. The number of carbonyl (C=O) groups is 1. The summed E-state index contributed by atoms with van der Waals surface area (Å²) in [5.74, 6) is 0.676. The Bertz CT molecular complexity index is 803. The van der Waals surface area contributed by atoms with Gasteiger partial charge < -0.3 is 10.1 Å². The average molecular weight is 344 g/mol. The Morgan fingerprint density at radius 2 is 2.09 bits per heavy atom. The summed E-state index contributed by atoms with van der Waals surface area (Å²) in [6, 6.07) is 15.6. The van der Waals surface area contributed by atoms with Crippen LogP contribution < -0.4 is 10.1 Å². The van der Waals surface area contributed by atoms with Gasteiger partial charge in [-0.25, -0.2) is 4.98 Å². The number of hydrogen-bond acceptors (Lipinski definition) is 5. The Balaban J connectivity index is 1.55. The lowest BCUT2D eigenvalue weighted by molar-refractivity contribution is -0.116. The highest BCUT2D eigenvalue weighted by Crippen LogP contribution is 2.29. The molecule has 4 nitrogen and oxygen atoms in total. The Morgan fingerprint density at radius 3 is 2.87 bits per heavy atom. The second-order valence-electron chi connectivity index (χ2n) is 4.81. The lowest BCUT2D eigenvalue weighted by Crippen LogP contribution is -2.14. The van der Waals surface area contributed by atoms with Crippen LogP contribution in [0.2, 0.25) is 0 Å². The molecule has 1 aromatic heterocycles. The van der Waals surface area contributed by atoms with E-state index in [-0.39, 0.29) is 5.91 Å². The number of aromatic nitrogens is 1. The minimum Gasteiger partial charge on any atom is -0.493 e. The largest absolute Gasteiger partial charge is 0.493 e. The van der Waals surface area contributed by atoms with Crippen molar-refractivity contribution in [2.75, 3.05) is 18.2 Å². The van der Waals surface area contributed by atoms with Gasteiger partial charge >= 0.3 is 0 Å². The fraction of sp³-hybridized carbons (Fsp3) is 0.176. The zero-order valence-corrected chi connectivity index (χ0v) is 14.2. The number of nitrogens with one attached hydrogen (secondary N) is 1. The summed E-state index contributed by atoms with van der Waals surface area (Å²) in [4.78, 5) is 17.6. The normalized spacial score (nSPS) is 10.7. The van der Waals surface area contributed by atoms with E-state index in [4.69, 9.17) is 4.74 Å². The van der Waals surface area contributed by atoms with Crippen LogP contribution >= 0.6 is 23.1 Å². The molecule has 0 fully saturated rings. The van der Waals surface area contributed by atoms with Crippen molar-refractivity contribution in [3.63, 3.8) is 0 Å². The summed E-state index contributed by atoms with van der Waals surface area (Å²) in [5, 5.41) is 3.46. The van der Waals surface area contributed by atoms with Gasteiger partial charge in [-0.15, -0.1) is 11.8 Å². The first-order chi connectivity index (χ1) is 11.2. The van der Waals surface area contributed by atoms with Crippen LogP contribution in [0.25, 0.3) is 10.2 Å². The number of rotatable bonds is 6. The average Bonchev–Trinajstić information content (AvgIpc) is 2.96. The summed E-state index contributed by atoms with van der Waals surface area (Å²) in [6.07, 6.45) is 2.33. The smallest absolute Gasteiger partial charge is 0.229 e. The molecule has 118 valence electrons. The van der Waals surface area contributed by atoms with Crippen molar-refractivity contribution in [2.24, 2.45) is 0 Å². The van der Waals surface area contributed by atoms with Gasteiger partial charge in [0.25, 0.3) is 0 Å². The van der Waals surface area contributed by atoms with Crippen molar-refractivity contribution in [3.05, 3.63) is 48.5 Å². The molecule has 0 radical (unpaired) electrons. The predicted molar refractivity (Wildman–Crippen MR) is 96.6 cm³/mol. The fourth-order valence-corrected chi connectivity index (χ4v) is 3.48. The molecule has 0 spiro atoms. The van der Waals surface area contributed by atoms with E-state index in [0.717, 1.165) is 16.0 Å². The molecule has 2 aromatic carbocycles. The van der Waals surface area contributed by atoms with Crippen LogP contribution in [-0.2, 0) is 4.79 Å². The molecule has 1 heterocycles. The van der Waals surface area contributed by atoms with E-state index in [2.05, 4.69) is 16.4 Å². The highest BCUT2D eigenvalue weighted by molar-refractivity contribution is 7.98. The van der Waals surface area contributed by atoms with Gasteiger partial charge in [-0.1, -0.05) is 29.5 Å². The van der Waals surface area contributed by atoms with Crippen LogP contribution in [0.1, 0.15) is 6.42 Å². The number of benzene rings is 2. The van der Waals surface area contributed by atoms with Gasteiger partial charge in [0.15, 0.2) is 5.13 Å². The van der Waals surface area contributed by atoms with Crippen LogP contribution in [0.4, 0.5) is 5.13 Å². The fourth-order valence-electron chi connectivity index (χ4n) is 2.05. The van der Waals surface area contributed by atoms with Crippen LogP contribution in [0.15, 0.2) is 53.4 Å². The standard InChI is InChI=1S/C17H16N2O2S2/c1-22-13-7-8-14-15(11-13)23-17(18-14)19-16(20)9-10-21-12-5-3-2-4-6-12/h2-8,11H,9-10H2,1H3,(H,18,19,20). The van der Waals surface area contributed by atoms with Gasteiger partial charge in [-0.2, -0.15) is 0 Å². The van der Waals surface area contributed by atoms with Crippen LogP contribution in [0.3, 0.4) is 0 Å². The Hall–Kier alpha value is -2.05. The summed E-state index contributed by atoms with van der Waals surface area (Å²) in [5.41, 5.74) is 0.906. The molecule has 0 aliphatic rings. The zero-order chi connectivity index (χ0) is 16.1. The Morgan fingerprint density at radius 1 is 1.26 bits per heavy atom. The molecule has 0 saturated heterocycles. The van der Waals surface area contributed by atoms with E-state index < -0.39 is 0 Å². The topological polar surface area (TPSA) is 51.2 Å². The van der Waals surface area contributed by atoms with E-state index in [1.165, 1.54) is 16.2 Å². The molecule has 1 amide bonds. The maximum absolute atomic E-state index is 12.0. The first kappa shape index (κ1) is 15.8. The maximum atomic E-state index is 12.0. The molecule has 0 unspecified atom stereocenters. The SMILES string of the molecule is CSc1ccc2nc(NC(=O)CCOc3ccccc3)sc2c1. The van der Waals surface area contributed by atoms with Crippen molar-refractivity contribution in [3.8, 4) is 5.75 Å². The second kappa shape index (κ2) is 7.48.